The number of rotatable bonds is 6. The number of nitrogens with one attached hydrogen (secondary N) is 1. The van der Waals surface area contributed by atoms with Crippen molar-refractivity contribution in [2.75, 3.05) is 31.5 Å². The van der Waals surface area contributed by atoms with E-state index in [1.54, 1.807) is 0 Å². The maximum atomic E-state index is 12.7. The van der Waals surface area contributed by atoms with Crippen LogP contribution in [0.15, 0.2) is 23.1 Å². The SMILES string of the molecule is CCC(C)Sc1ccc(NC(=O)N2CCN(C(=O)CC3CCCC3)CC2)c(C)c1. The normalized spacial score (nSPS) is 18.7. The third-order valence-electron chi connectivity index (χ3n) is 6.21. The maximum absolute atomic E-state index is 12.7. The average molecular weight is 418 g/mol. The molecule has 1 aliphatic carbocycles. The molecule has 0 radical (unpaired) electrons. The lowest BCUT2D eigenvalue weighted by Gasteiger charge is -2.35. The molecule has 0 bridgehead atoms. The van der Waals surface area contributed by atoms with E-state index in [4.69, 9.17) is 0 Å². The largest absolute Gasteiger partial charge is 0.339 e. The second-order valence-electron chi connectivity index (χ2n) is 8.47. The lowest BCUT2D eigenvalue weighted by molar-refractivity contribution is -0.133. The summed E-state index contributed by atoms with van der Waals surface area (Å²) in [7, 11) is 0. The summed E-state index contributed by atoms with van der Waals surface area (Å²) in [6.07, 6.45) is 6.75. The zero-order valence-corrected chi connectivity index (χ0v) is 18.9. The molecule has 1 aromatic rings. The molecule has 1 unspecified atom stereocenters. The summed E-state index contributed by atoms with van der Waals surface area (Å²) in [5.74, 6) is 0.843. The predicted molar refractivity (Wildman–Crippen MR) is 121 cm³/mol. The second-order valence-corrected chi connectivity index (χ2v) is 9.98. The second kappa shape index (κ2) is 10.4. The summed E-state index contributed by atoms with van der Waals surface area (Å²) >= 11 is 1.87. The molecule has 1 N–H and O–H groups in total. The summed E-state index contributed by atoms with van der Waals surface area (Å²) in [6.45, 7) is 8.95. The van der Waals surface area contributed by atoms with Gasteiger partial charge in [0.2, 0.25) is 5.91 Å². The number of hydrogen-bond donors (Lipinski definition) is 1. The molecule has 29 heavy (non-hydrogen) atoms. The van der Waals surface area contributed by atoms with Crippen LogP contribution in [0.1, 0.15) is 57.9 Å². The zero-order chi connectivity index (χ0) is 20.8. The Balaban J connectivity index is 1.47. The van der Waals surface area contributed by atoms with Crippen LogP contribution in [0.2, 0.25) is 0 Å². The lowest BCUT2D eigenvalue weighted by atomic mass is 10.0. The summed E-state index contributed by atoms with van der Waals surface area (Å²) < 4.78 is 0. The third-order valence-corrected chi connectivity index (χ3v) is 7.47. The number of carbonyl (C=O) groups excluding carboxylic acids is 2. The minimum Gasteiger partial charge on any atom is -0.339 e. The van der Waals surface area contributed by atoms with Crippen molar-refractivity contribution >= 4 is 29.4 Å². The molecule has 1 aromatic carbocycles. The first-order valence-electron chi connectivity index (χ1n) is 11.1. The van der Waals surface area contributed by atoms with E-state index in [0.717, 1.165) is 17.7 Å². The number of nitrogens with zero attached hydrogens (tertiary/aromatic N) is 2. The molecule has 1 aliphatic heterocycles. The van der Waals surface area contributed by atoms with Crippen molar-refractivity contribution in [3.63, 3.8) is 0 Å². The first-order chi connectivity index (χ1) is 14.0. The van der Waals surface area contributed by atoms with Crippen LogP contribution in [-0.4, -0.2) is 53.2 Å². The molecule has 0 aromatic heterocycles. The number of urea groups is 1. The number of amides is 3. The Kier molecular flexibility index (Phi) is 7.87. The van der Waals surface area contributed by atoms with Crippen LogP contribution >= 0.6 is 11.8 Å². The van der Waals surface area contributed by atoms with Crippen molar-refractivity contribution in [2.45, 2.75) is 69.4 Å². The Morgan fingerprint density at radius 1 is 1.14 bits per heavy atom. The molecule has 160 valence electrons. The fourth-order valence-corrected chi connectivity index (χ4v) is 5.13. The molecular formula is C23H35N3O2S. The predicted octanol–water partition coefficient (Wildman–Crippen LogP) is 5.14. The summed E-state index contributed by atoms with van der Waals surface area (Å²) in [6, 6.07) is 6.16. The van der Waals surface area contributed by atoms with E-state index in [-0.39, 0.29) is 11.9 Å². The molecule has 5 nitrogen and oxygen atoms in total. The molecular weight excluding hydrogens is 382 g/mol. The number of hydrogen-bond acceptors (Lipinski definition) is 3. The van der Waals surface area contributed by atoms with Crippen molar-refractivity contribution in [3.8, 4) is 0 Å². The van der Waals surface area contributed by atoms with E-state index in [9.17, 15) is 9.59 Å². The number of piperazine rings is 1. The van der Waals surface area contributed by atoms with Crippen LogP contribution in [0.5, 0.6) is 0 Å². The van der Waals surface area contributed by atoms with Crippen LogP contribution in [-0.2, 0) is 4.79 Å². The summed E-state index contributed by atoms with van der Waals surface area (Å²) in [5.41, 5.74) is 1.94. The van der Waals surface area contributed by atoms with Crippen LogP contribution in [0.25, 0.3) is 0 Å². The van der Waals surface area contributed by atoms with Gasteiger partial charge in [-0.15, -0.1) is 11.8 Å². The quantitative estimate of drug-likeness (QED) is 0.652. The van der Waals surface area contributed by atoms with Gasteiger partial charge in [0, 0.05) is 48.4 Å². The highest BCUT2D eigenvalue weighted by atomic mass is 32.2. The molecule has 2 aliphatic rings. The lowest BCUT2D eigenvalue weighted by Crippen LogP contribution is -2.51. The Morgan fingerprint density at radius 3 is 2.41 bits per heavy atom. The minimum atomic E-state index is -0.0710. The van der Waals surface area contributed by atoms with Gasteiger partial charge in [0.1, 0.15) is 0 Å². The van der Waals surface area contributed by atoms with E-state index in [1.165, 1.54) is 30.6 Å². The van der Waals surface area contributed by atoms with E-state index in [1.807, 2.05) is 34.6 Å². The Hall–Kier alpha value is -1.69. The number of benzene rings is 1. The van der Waals surface area contributed by atoms with Gasteiger partial charge >= 0.3 is 6.03 Å². The Bertz CT molecular complexity index is 710. The first kappa shape index (κ1) is 22.0. The summed E-state index contributed by atoms with van der Waals surface area (Å²) in [5, 5.41) is 3.64. The Labute approximate surface area is 179 Å². The highest BCUT2D eigenvalue weighted by molar-refractivity contribution is 7.99. The topological polar surface area (TPSA) is 52.7 Å². The molecule has 3 rings (SSSR count). The van der Waals surface area contributed by atoms with Gasteiger partial charge in [-0.25, -0.2) is 4.79 Å². The average Bonchev–Trinajstić information content (AvgIpc) is 3.23. The van der Waals surface area contributed by atoms with Gasteiger partial charge < -0.3 is 15.1 Å². The maximum Gasteiger partial charge on any atom is 0.321 e. The van der Waals surface area contributed by atoms with Crippen molar-refractivity contribution < 1.29 is 9.59 Å². The number of thioether (sulfide) groups is 1. The fraction of sp³-hybridized carbons (Fsp3) is 0.652. The molecule has 3 amide bonds. The molecule has 6 heteroatoms. The van der Waals surface area contributed by atoms with Crippen LogP contribution < -0.4 is 5.32 Å². The molecule has 1 atom stereocenters. The number of aryl methyl sites for hydroxylation is 1. The highest BCUT2D eigenvalue weighted by Crippen LogP contribution is 2.29. The smallest absolute Gasteiger partial charge is 0.321 e. The van der Waals surface area contributed by atoms with E-state index in [2.05, 4.69) is 31.3 Å². The molecule has 1 heterocycles. The standard InChI is InChI=1S/C23H35N3O2S/c1-4-18(3)29-20-9-10-21(17(2)15-20)24-23(28)26-13-11-25(12-14-26)22(27)16-19-7-5-6-8-19/h9-10,15,18-19H,4-8,11-14,16H2,1-3H3,(H,24,28). The van der Waals surface area contributed by atoms with Gasteiger partial charge in [-0.3, -0.25) is 4.79 Å². The number of carbonyl (C=O) groups is 2. The van der Waals surface area contributed by atoms with Gasteiger partial charge in [0.25, 0.3) is 0 Å². The van der Waals surface area contributed by atoms with Crippen molar-refractivity contribution in [3.05, 3.63) is 23.8 Å². The fourth-order valence-electron chi connectivity index (χ4n) is 4.11. The van der Waals surface area contributed by atoms with Crippen molar-refractivity contribution in [2.24, 2.45) is 5.92 Å². The first-order valence-corrected chi connectivity index (χ1v) is 11.9. The van der Waals surface area contributed by atoms with Gasteiger partial charge in [0.05, 0.1) is 0 Å². The van der Waals surface area contributed by atoms with Gasteiger partial charge in [-0.1, -0.05) is 26.7 Å². The van der Waals surface area contributed by atoms with E-state index in [0.29, 0.717) is 43.8 Å². The van der Waals surface area contributed by atoms with Crippen LogP contribution in [0.4, 0.5) is 10.5 Å². The number of anilines is 1. The molecule has 1 saturated carbocycles. The van der Waals surface area contributed by atoms with Crippen molar-refractivity contribution in [1.29, 1.82) is 0 Å². The molecule has 0 spiro atoms. The summed E-state index contributed by atoms with van der Waals surface area (Å²) in [4.78, 5) is 30.2. The van der Waals surface area contributed by atoms with Gasteiger partial charge in [-0.05, 0) is 55.9 Å². The van der Waals surface area contributed by atoms with Crippen LogP contribution in [0, 0.1) is 12.8 Å². The van der Waals surface area contributed by atoms with E-state index < -0.39 is 0 Å². The molecule has 2 fully saturated rings. The van der Waals surface area contributed by atoms with Gasteiger partial charge in [0.15, 0.2) is 0 Å². The van der Waals surface area contributed by atoms with E-state index >= 15 is 0 Å². The third kappa shape index (κ3) is 6.14. The molecule has 1 saturated heterocycles. The highest BCUT2D eigenvalue weighted by Gasteiger charge is 2.27. The monoisotopic (exact) mass is 417 g/mol. The Morgan fingerprint density at radius 2 is 1.79 bits per heavy atom. The van der Waals surface area contributed by atoms with Gasteiger partial charge in [-0.2, -0.15) is 0 Å². The van der Waals surface area contributed by atoms with Crippen molar-refractivity contribution in [1.82, 2.24) is 9.80 Å². The minimum absolute atomic E-state index is 0.0710. The van der Waals surface area contributed by atoms with Crippen LogP contribution in [0.3, 0.4) is 0 Å². The zero-order valence-electron chi connectivity index (χ0n) is 18.1.